The molecular formula is C26H33FN2O4. The van der Waals surface area contributed by atoms with E-state index in [1.807, 2.05) is 18.2 Å². The van der Waals surface area contributed by atoms with Gasteiger partial charge in [0, 0.05) is 30.4 Å². The SMILES string of the molecule is COc1ccc(F)cc1CN1CCCN(c2ccc(OC)c(OCCC[C@H]3C[C@H]3C)c2)C1=O. The van der Waals surface area contributed by atoms with Gasteiger partial charge in [0.05, 0.1) is 27.4 Å². The largest absolute Gasteiger partial charge is 0.496 e. The predicted molar refractivity (Wildman–Crippen MR) is 126 cm³/mol. The first-order chi connectivity index (χ1) is 16.0. The Kier molecular flexibility index (Phi) is 7.26. The number of hydrogen-bond acceptors (Lipinski definition) is 4. The van der Waals surface area contributed by atoms with Gasteiger partial charge in [0.1, 0.15) is 11.6 Å². The summed E-state index contributed by atoms with van der Waals surface area (Å²) >= 11 is 0. The second kappa shape index (κ2) is 10.3. The Bertz CT molecular complexity index is 983. The summed E-state index contributed by atoms with van der Waals surface area (Å²) < 4.78 is 30.7. The molecule has 4 rings (SSSR count). The van der Waals surface area contributed by atoms with Gasteiger partial charge in [-0.05, 0) is 67.9 Å². The normalized spacial score (nSPS) is 20.1. The van der Waals surface area contributed by atoms with Gasteiger partial charge >= 0.3 is 6.03 Å². The molecule has 7 heteroatoms. The van der Waals surface area contributed by atoms with Crippen LogP contribution >= 0.6 is 0 Å². The number of halogens is 1. The highest BCUT2D eigenvalue weighted by Gasteiger charge is 2.31. The highest BCUT2D eigenvalue weighted by Crippen LogP contribution is 2.41. The highest BCUT2D eigenvalue weighted by molar-refractivity contribution is 5.93. The van der Waals surface area contributed by atoms with Gasteiger partial charge in [-0.15, -0.1) is 0 Å². The Balaban J connectivity index is 1.45. The number of hydrogen-bond donors (Lipinski definition) is 0. The molecule has 1 aliphatic heterocycles. The van der Waals surface area contributed by atoms with Crippen LogP contribution in [-0.4, -0.2) is 44.8 Å². The second-order valence-electron chi connectivity index (χ2n) is 8.96. The number of ether oxygens (including phenoxy) is 3. The number of rotatable bonds is 10. The Hall–Kier alpha value is -2.96. The molecule has 2 aliphatic rings. The van der Waals surface area contributed by atoms with Crippen LogP contribution in [0.25, 0.3) is 0 Å². The first-order valence-corrected chi connectivity index (χ1v) is 11.7. The summed E-state index contributed by atoms with van der Waals surface area (Å²) in [6, 6.07) is 9.85. The molecule has 1 heterocycles. The third-order valence-corrected chi connectivity index (χ3v) is 6.63. The van der Waals surface area contributed by atoms with Crippen molar-refractivity contribution in [1.82, 2.24) is 4.90 Å². The van der Waals surface area contributed by atoms with E-state index >= 15 is 0 Å². The quantitative estimate of drug-likeness (QED) is 0.444. The van der Waals surface area contributed by atoms with Crippen LogP contribution in [0.4, 0.5) is 14.9 Å². The highest BCUT2D eigenvalue weighted by atomic mass is 19.1. The third kappa shape index (κ3) is 5.52. The molecule has 1 aliphatic carbocycles. The van der Waals surface area contributed by atoms with Crippen molar-refractivity contribution in [2.24, 2.45) is 11.8 Å². The molecule has 0 aromatic heterocycles. The minimum Gasteiger partial charge on any atom is -0.496 e. The summed E-state index contributed by atoms with van der Waals surface area (Å²) in [6.07, 6.45) is 4.33. The van der Waals surface area contributed by atoms with E-state index < -0.39 is 0 Å². The number of carbonyl (C=O) groups excluding carboxylic acids is 1. The van der Waals surface area contributed by atoms with Crippen molar-refractivity contribution < 1.29 is 23.4 Å². The number of methoxy groups -OCH3 is 2. The molecule has 0 radical (unpaired) electrons. The maximum Gasteiger partial charge on any atom is 0.324 e. The molecule has 2 amide bonds. The number of amides is 2. The topological polar surface area (TPSA) is 51.2 Å². The third-order valence-electron chi connectivity index (χ3n) is 6.63. The van der Waals surface area contributed by atoms with Crippen LogP contribution < -0.4 is 19.1 Å². The lowest BCUT2D eigenvalue weighted by Gasteiger charge is -2.36. The zero-order chi connectivity index (χ0) is 23.4. The summed E-state index contributed by atoms with van der Waals surface area (Å²) in [6.45, 7) is 4.42. The average molecular weight is 457 g/mol. The predicted octanol–water partition coefficient (Wildman–Crippen LogP) is 5.49. The molecule has 0 unspecified atom stereocenters. The van der Waals surface area contributed by atoms with Crippen molar-refractivity contribution >= 4 is 11.7 Å². The van der Waals surface area contributed by atoms with Crippen molar-refractivity contribution in [1.29, 1.82) is 0 Å². The zero-order valence-electron chi connectivity index (χ0n) is 19.7. The van der Waals surface area contributed by atoms with Crippen molar-refractivity contribution in [2.45, 2.75) is 39.2 Å². The lowest BCUT2D eigenvalue weighted by atomic mass is 10.1. The van der Waals surface area contributed by atoms with Gasteiger partial charge in [0.25, 0.3) is 0 Å². The van der Waals surface area contributed by atoms with Crippen molar-refractivity contribution in [3.8, 4) is 17.2 Å². The van der Waals surface area contributed by atoms with Crippen molar-refractivity contribution in [3.05, 3.63) is 47.8 Å². The molecule has 2 aromatic rings. The number of urea groups is 1. The molecule has 0 bridgehead atoms. The maximum absolute atomic E-state index is 13.8. The van der Waals surface area contributed by atoms with Crippen LogP contribution in [-0.2, 0) is 6.54 Å². The van der Waals surface area contributed by atoms with E-state index in [9.17, 15) is 9.18 Å². The van der Waals surface area contributed by atoms with E-state index in [1.54, 1.807) is 30.1 Å². The molecule has 0 spiro atoms. The molecule has 2 fully saturated rings. The molecule has 2 aromatic carbocycles. The lowest BCUT2D eigenvalue weighted by Crippen LogP contribution is -2.49. The zero-order valence-corrected chi connectivity index (χ0v) is 19.7. The number of benzene rings is 2. The van der Waals surface area contributed by atoms with Crippen LogP contribution in [0.5, 0.6) is 17.2 Å². The molecule has 1 saturated heterocycles. The van der Waals surface area contributed by atoms with E-state index in [2.05, 4.69) is 6.92 Å². The lowest BCUT2D eigenvalue weighted by molar-refractivity contribution is 0.191. The molecule has 6 nitrogen and oxygen atoms in total. The summed E-state index contributed by atoms with van der Waals surface area (Å²) in [5.74, 6) is 3.22. The molecule has 2 atom stereocenters. The fourth-order valence-electron chi connectivity index (χ4n) is 4.52. The monoisotopic (exact) mass is 456 g/mol. The Labute approximate surface area is 195 Å². The van der Waals surface area contributed by atoms with Gasteiger partial charge < -0.3 is 19.1 Å². The summed E-state index contributed by atoms with van der Waals surface area (Å²) in [5, 5.41) is 0. The van der Waals surface area contributed by atoms with Crippen LogP contribution in [0.1, 0.15) is 38.2 Å². The Morgan fingerprint density at radius 2 is 1.79 bits per heavy atom. The van der Waals surface area contributed by atoms with Crippen LogP contribution in [0.2, 0.25) is 0 Å². The van der Waals surface area contributed by atoms with E-state index in [4.69, 9.17) is 14.2 Å². The maximum atomic E-state index is 13.8. The molecular weight excluding hydrogens is 423 g/mol. The van der Waals surface area contributed by atoms with Gasteiger partial charge in [0.15, 0.2) is 11.5 Å². The number of carbonyl (C=O) groups is 1. The van der Waals surface area contributed by atoms with E-state index in [0.717, 1.165) is 30.4 Å². The summed E-state index contributed by atoms with van der Waals surface area (Å²) in [5.41, 5.74) is 1.42. The minimum atomic E-state index is -0.347. The van der Waals surface area contributed by atoms with Gasteiger partial charge in [-0.2, -0.15) is 0 Å². The Morgan fingerprint density at radius 1 is 1.03 bits per heavy atom. The standard InChI is InChI=1S/C26H33FN2O4/c1-18-14-19(18)6-4-13-33-25-16-22(8-10-24(25)32-3)29-12-5-11-28(26(29)30)17-20-15-21(27)7-9-23(20)31-2/h7-10,15-16,18-19H,4-6,11-14,17H2,1-3H3/t18-,19+/m1/s1. The second-order valence-corrected chi connectivity index (χ2v) is 8.96. The first kappa shape index (κ1) is 23.2. The fraction of sp³-hybridized carbons (Fsp3) is 0.500. The van der Waals surface area contributed by atoms with E-state index in [0.29, 0.717) is 42.5 Å². The van der Waals surface area contributed by atoms with Crippen molar-refractivity contribution in [2.75, 3.05) is 38.8 Å². The molecule has 33 heavy (non-hydrogen) atoms. The van der Waals surface area contributed by atoms with E-state index in [1.165, 1.54) is 25.0 Å². The Morgan fingerprint density at radius 3 is 2.52 bits per heavy atom. The first-order valence-electron chi connectivity index (χ1n) is 11.7. The van der Waals surface area contributed by atoms with Gasteiger partial charge in [0.2, 0.25) is 0 Å². The van der Waals surface area contributed by atoms with Gasteiger partial charge in [-0.3, -0.25) is 4.90 Å². The molecule has 0 N–H and O–H groups in total. The summed E-state index contributed by atoms with van der Waals surface area (Å²) in [4.78, 5) is 16.8. The minimum absolute atomic E-state index is 0.119. The van der Waals surface area contributed by atoms with Crippen LogP contribution in [0, 0.1) is 17.7 Å². The van der Waals surface area contributed by atoms with Gasteiger partial charge in [-0.1, -0.05) is 6.92 Å². The molecule has 1 saturated carbocycles. The number of anilines is 1. The van der Waals surface area contributed by atoms with Crippen LogP contribution in [0.15, 0.2) is 36.4 Å². The fourth-order valence-corrected chi connectivity index (χ4v) is 4.52. The average Bonchev–Trinajstić information content (AvgIpc) is 3.53. The van der Waals surface area contributed by atoms with Crippen LogP contribution in [0.3, 0.4) is 0 Å². The smallest absolute Gasteiger partial charge is 0.324 e. The number of nitrogens with zero attached hydrogens (tertiary/aromatic N) is 2. The van der Waals surface area contributed by atoms with Gasteiger partial charge in [-0.25, -0.2) is 9.18 Å². The van der Waals surface area contributed by atoms with Crippen molar-refractivity contribution in [3.63, 3.8) is 0 Å². The van der Waals surface area contributed by atoms with E-state index in [-0.39, 0.29) is 18.4 Å². The molecule has 178 valence electrons. The summed E-state index contributed by atoms with van der Waals surface area (Å²) in [7, 11) is 3.17.